The third-order valence-corrected chi connectivity index (χ3v) is 4.82. The van der Waals surface area contributed by atoms with E-state index in [1.165, 1.54) is 0 Å². The molecule has 2 aromatic rings. The van der Waals surface area contributed by atoms with E-state index in [1.807, 2.05) is 57.0 Å². The Morgan fingerprint density at radius 3 is 2.70 bits per heavy atom. The first-order valence-electron chi connectivity index (χ1n) is 9.69. The molecule has 7 nitrogen and oxygen atoms in total. The smallest absolute Gasteiger partial charge is 0.276 e. The van der Waals surface area contributed by atoms with E-state index in [2.05, 4.69) is 15.6 Å². The van der Waals surface area contributed by atoms with Gasteiger partial charge in [0.1, 0.15) is 5.75 Å². The van der Waals surface area contributed by atoms with E-state index in [-0.39, 0.29) is 12.0 Å². The first-order chi connectivity index (χ1) is 13.0. The number of ether oxygens (including phenoxy) is 1. The van der Waals surface area contributed by atoms with Crippen LogP contribution in [-0.2, 0) is 6.42 Å². The molecule has 2 heterocycles. The fourth-order valence-electron chi connectivity index (χ4n) is 3.55. The lowest BCUT2D eigenvalue weighted by Crippen LogP contribution is -2.31. The monoisotopic (exact) mass is 371 g/mol. The highest BCUT2D eigenvalue weighted by molar-refractivity contribution is 5.93. The lowest BCUT2D eigenvalue weighted by Gasteiger charge is -2.16. The minimum Gasteiger partial charge on any atom is -0.491 e. The molecular weight excluding hydrogens is 342 g/mol. The van der Waals surface area contributed by atoms with E-state index in [0.29, 0.717) is 18.0 Å². The maximum absolute atomic E-state index is 13.0. The molecular formula is C20H29N5O2. The van der Waals surface area contributed by atoms with E-state index < -0.39 is 0 Å². The topological polar surface area (TPSA) is 72.3 Å². The molecule has 1 atom stereocenters. The number of carbonyl (C=O) groups excluding carboxylic acids is 1. The van der Waals surface area contributed by atoms with Gasteiger partial charge in [-0.1, -0.05) is 12.1 Å². The Labute approximate surface area is 160 Å². The molecule has 0 spiro atoms. The molecule has 1 unspecified atom stereocenters. The first-order valence-corrected chi connectivity index (χ1v) is 9.69. The standard InChI is InChI=1S/C20H29N5O2/c1-5-18-19(20(26)24-11-10-15(13-24)12-21-4)22-23-25(18)16-6-8-17(9-7-16)27-14(2)3/h6-9,14-15,21H,5,10-13H2,1-4H3. The van der Waals surface area contributed by atoms with Gasteiger partial charge in [0.05, 0.1) is 17.5 Å². The van der Waals surface area contributed by atoms with Crippen molar-refractivity contribution in [2.75, 3.05) is 26.7 Å². The molecule has 1 saturated heterocycles. The number of nitrogens with zero attached hydrogens (tertiary/aromatic N) is 4. The van der Waals surface area contributed by atoms with Crippen LogP contribution < -0.4 is 10.1 Å². The second kappa shape index (κ2) is 8.52. The maximum atomic E-state index is 13.0. The zero-order valence-corrected chi connectivity index (χ0v) is 16.6. The molecule has 1 aromatic carbocycles. The van der Waals surface area contributed by atoms with Crippen molar-refractivity contribution >= 4 is 5.91 Å². The highest BCUT2D eigenvalue weighted by atomic mass is 16.5. The molecule has 0 saturated carbocycles. The molecule has 1 fully saturated rings. The third-order valence-electron chi connectivity index (χ3n) is 4.82. The SMILES string of the molecule is CCc1c(C(=O)N2CCC(CNC)C2)nnn1-c1ccc(OC(C)C)cc1. The molecule has 1 aliphatic rings. The van der Waals surface area contributed by atoms with Crippen LogP contribution in [0.2, 0.25) is 0 Å². The summed E-state index contributed by atoms with van der Waals surface area (Å²) in [4.78, 5) is 14.9. The summed E-state index contributed by atoms with van der Waals surface area (Å²) >= 11 is 0. The number of amides is 1. The molecule has 1 aliphatic heterocycles. The predicted molar refractivity (Wildman–Crippen MR) is 104 cm³/mol. The normalized spacial score (nSPS) is 16.9. The number of benzene rings is 1. The largest absolute Gasteiger partial charge is 0.491 e. The van der Waals surface area contributed by atoms with Crippen molar-refractivity contribution in [3.8, 4) is 11.4 Å². The fraction of sp³-hybridized carbons (Fsp3) is 0.550. The summed E-state index contributed by atoms with van der Waals surface area (Å²) in [5, 5.41) is 11.7. The quantitative estimate of drug-likeness (QED) is 0.809. The van der Waals surface area contributed by atoms with E-state index in [4.69, 9.17) is 4.74 Å². The van der Waals surface area contributed by atoms with Gasteiger partial charge < -0.3 is 15.0 Å². The highest BCUT2D eigenvalue weighted by Gasteiger charge is 2.30. The van der Waals surface area contributed by atoms with Gasteiger partial charge in [0.15, 0.2) is 5.69 Å². The summed E-state index contributed by atoms with van der Waals surface area (Å²) in [6.07, 6.45) is 1.84. The van der Waals surface area contributed by atoms with Gasteiger partial charge in [-0.25, -0.2) is 4.68 Å². The molecule has 1 aromatic heterocycles. The summed E-state index contributed by atoms with van der Waals surface area (Å²) in [6.45, 7) is 8.51. The highest BCUT2D eigenvalue weighted by Crippen LogP contribution is 2.22. The van der Waals surface area contributed by atoms with E-state index in [9.17, 15) is 4.79 Å². The molecule has 0 aliphatic carbocycles. The summed E-state index contributed by atoms with van der Waals surface area (Å²) in [5.41, 5.74) is 2.18. The van der Waals surface area contributed by atoms with E-state index in [0.717, 1.165) is 43.2 Å². The Morgan fingerprint density at radius 1 is 1.33 bits per heavy atom. The van der Waals surface area contributed by atoms with Gasteiger partial charge in [0.25, 0.3) is 5.91 Å². The summed E-state index contributed by atoms with van der Waals surface area (Å²) in [7, 11) is 1.95. The Hall–Kier alpha value is -2.41. The van der Waals surface area contributed by atoms with Crippen LogP contribution in [0, 0.1) is 5.92 Å². The number of hydrogen-bond acceptors (Lipinski definition) is 5. The molecule has 7 heteroatoms. The van der Waals surface area contributed by atoms with Crippen LogP contribution >= 0.6 is 0 Å². The van der Waals surface area contributed by atoms with Crippen LogP contribution in [0.4, 0.5) is 0 Å². The van der Waals surface area contributed by atoms with Gasteiger partial charge in [0, 0.05) is 13.1 Å². The van der Waals surface area contributed by atoms with Crippen molar-refractivity contribution in [1.82, 2.24) is 25.2 Å². The van der Waals surface area contributed by atoms with Crippen LogP contribution in [0.1, 0.15) is 43.4 Å². The Balaban J connectivity index is 1.79. The van der Waals surface area contributed by atoms with Crippen molar-refractivity contribution in [3.05, 3.63) is 35.7 Å². The Morgan fingerprint density at radius 2 is 2.07 bits per heavy atom. The number of nitrogens with one attached hydrogen (secondary N) is 1. The van der Waals surface area contributed by atoms with Crippen molar-refractivity contribution in [1.29, 1.82) is 0 Å². The lowest BCUT2D eigenvalue weighted by atomic mass is 10.1. The second-order valence-corrected chi connectivity index (χ2v) is 7.27. The zero-order valence-electron chi connectivity index (χ0n) is 16.6. The average molecular weight is 371 g/mol. The minimum atomic E-state index is -0.0172. The van der Waals surface area contributed by atoms with Crippen molar-refractivity contribution in [3.63, 3.8) is 0 Å². The summed E-state index contributed by atoms with van der Waals surface area (Å²) in [5.74, 6) is 1.31. The molecule has 0 bridgehead atoms. The first kappa shape index (κ1) is 19.4. The van der Waals surface area contributed by atoms with Crippen molar-refractivity contribution < 1.29 is 9.53 Å². The molecule has 3 rings (SSSR count). The third kappa shape index (κ3) is 4.30. The second-order valence-electron chi connectivity index (χ2n) is 7.27. The predicted octanol–water partition coefficient (Wildman–Crippen LogP) is 2.30. The van der Waals surface area contributed by atoms with Crippen molar-refractivity contribution in [2.24, 2.45) is 5.92 Å². The van der Waals surface area contributed by atoms with Crippen LogP contribution in [-0.4, -0.2) is 58.6 Å². The summed E-state index contributed by atoms with van der Waals surface area (Å²) < 4.78 is 7.45. The number of aromatic nitrogens is 3. The Kier molecular flexibility index (Phi) is 6.11. The molecule has 146 valence electrons. The van der Waals surface area contributed by atoms with E-state index >= 15 is 0 Å². The number of carbonyl (C=O) groups is 1. The van der Waals surface area contributed by atoms with Gasteiger partial charge >= 0.3 is 0 Å². The van der Waals surface area contributed by atoms with Crippen LogP contribution in [0.25, 0.3) is 5.69 Å². The zero-order chi connectivity index (χ0) is 19.4. The maximum Gasteiger partial charge on any atom is 0.276 e. The van der Waals surface area contributed by atoms with Gasteiger partial charge in [-0.2, -0.15) is 0 Å². The number of hydrogen-bond donors (Lipinski definition) is 1. The number of likely N-dealkylation sites (tertiary alicyclic amines) is 1. The van der Waals surface area contributed by atoms with E-state index in [1.54, 1.807) is 4.68 Å². The van der Waals surface area contributed by atoms with Gasteiger partial charge in [0.2, 0.25) is 0 Å². The average Bonchev–Trinajstić information content (AvgIpc) is 3.28. The molecule has 1 N–H and O–H groups in total. The van der Waals surface area contributed by atoms with Gasteiger partial charge in [-0.05, 0) is 70.5 Å². The van der Waals surface area contributed by atoms with Crippen LogP contribution in [0.15, 0.2) is 24.3 Å². The lowest BCUT2D eigenvalue weighted by molar-refractivity contribution is 0.0780. The van der Waals surface area contributed by atoms with Crippen molar-refractivity contribution in [2.45, 2.75) is 39.7 Å². The molecule has 1 amide bonds. The minimum absolute atomic E-state index is 0.0172. The molecule has 0 radical (unpaired) electrons. The number of rotatable bonds is 7. The fourth-order valence-corrected chi connectivity index (χ4v) is 3.55. The van der Waals surface area contributed by atoms with Crippen LogP contribution in [0.5, 0.6) is 5.75 Å². The van der Waals surface area contributed by atoms with Gasteiger partial charge in [-0.3, -0.25) is 4.79 Å². The Bertz CT molecular complexity index is 769. The summed E-state index contributed by atoms with van der Waals surface area (Å²) in [6, 6.07) is 7.72. The van der Waals surface area contributed by atoms with Crippen LogP contribution in [0.3, 0.4) is 0 Å². The van der Waals surface area contributed by atoms with Gasteiger partial charge in [-0.15, -0.1) is 5.10 Å². The molecule has 27 heavy (non-hydrogen) atoms.